The molecular formula is C14H29N3. The van der Waals surface area contributed by atoms with Crippen molar-refractivity contribution in [2.75, 3.05) is 33.7 Å². The third-order valence-electron chi connectivity index (χ3n) is 4.59. The van der Waals surface area contributed by atoms with Crippen molar-refractivity contribution in [1.82, 2.24) is 15.1 Å². The van der Waals surface area contributed by atoms with Crippen molar-refractivity contribution < 1.29 is 0 Å². The molecule has 1 N–H and O–H groups in total. The summed E-state index contributed by atoms with van der Waals surface area (Å²) < 4.78 is 0. The highest BCUT2D eigenvalue weighted by Crippen LogP contribution is 2.20. The molecule has 2 heterocycles. The molecule has 0 bridgehead atoms. The van der Waals surface area contributed by atoms with E-state index in [-0.39, 0.29) is 0 Å². The summed E-state index contributed by atoms with van der Waals surface area (Å²) in [5, 5.41) is 3.67. The summed E-state index contributed by atoms with van der Waals surface area (Å²) in [6.07, 6.45) is 6.85. The average molecular weight is 239 g/mol. The summed E-state index contributed by atoms with van der Waals surface area (Å²) in [5.74, 6) is 0. The fourth-order valence-electron chi connectivity index (χ4n) is 3.28. The molecule has 100 valence electrons. The normalized spacial score (nSPS) is 33.2. The molecule has 0 saturated carbocycles. The Morgan fingerprint density at radius 2 is 2.12 bits per heavy atom. The van der Waals surface area contributed by atoms with Crippen LogP contribution in [0.1, 0.15) is 39.0 Å². The zero-order chi connectivity index (χ0) is 12.3. The molecular weight excluding hydrogens is 210 g/mol. The second-order valence-electron chi connectivity index (χ2n) is 6.13. The van der Waals surface area contributed by atoms with Crippen molar-refractivity contribution in [3.05, 3.63) is 0 Å². The van der Waals surface area contributed by atoms with Crippen LogP contribution in [0, 0.1) is 0 Å². The SMILES string of the molecule is CC(CC1CCCCN1)N1CCC(N(C)C)C1. The van der Waals surface area contributed by atoms with Crippen molar-refractivity contribution >= 4 is 0 Å². The first-order valence-electron chi connectivity index (χ1n) is 7.30. The maximum atomic E-state index is 3.67. The van der Waals surface area contributed by atoms with Gasteiger partial charge in [0.15, 0.2) is 0 Å². The lowest BCUT2D eigenvalue weighted by atomic mass is 9.98. The quantitative estimate of drug-likeness (QED) is 0.803. The molecule has 3 atom stereocenters. The minimum Gasteiger partial charge on any atom is -0.314 e. The summed E-state index contributed by atoms with van der Waals surface area (Å²) in [6.45, 7) is 6.20. The molecule has 2 saturated heterocycles. The summed E-state index contributed by atoms with van der Waals surface area (Å²) in [6, 6.07) is 2.30. The van der Waals surface area contributed by atoms with Gasteiger partial charge in [0.2, 0.25) is 0 Å². The zero-order valence-corrected chi connectivity index (χ0v) is 11.8. The molecule has 2 fully saturated rings. The van der Waals surface area contributed by atoms with Gasteiger partial charge in [-0.05, 0) is 53.2 Å². The summed E-state index contributed by atoms with van der Waals surface area (Å²) in [5.41, 5.74) is 0. The van der Waals surface area contributed by atoms with Gasteiger partial charge < -0.3 is 10.2 Å². The largest absolute Gasteiger partial charge is 0.314 e. The second-order valence-corrected chi connectivity index (χ2v) is 6.13. The van der Waals surface area contributed by atoms with Crippen molar-refractivity contribution in [2.45, 2.75) is 57.2 Å². The Morgan fingerprint density at radius 1 is 1.29 bits per heavy atom. The topological polar surface area (TPSA) is 18.5 Å². The van der Waals surface area contributed by atoms with Crippen molar-refractivity contribution in [3.8, 4) is 0 Å². The average Bonchev–Trinajstić information content (AvgIpc) is 2.79. The van der Waals surface area contributed by atoms with Crippen molar-refractivity contribution in [3.63, 3.8) is 0 Å². The molecule has 0 aromatic carbocycles. The van der Waals surface area contributed by atoms with E-state index in [0.717, 1.165) is 18.1 Å². The van der Waals surface area contributed by atoms with Gasteiger partial charge in [0, 0.05) is 31.2 Å². The third kappa shape index (κ3) is 3.67. The Labute approximate surface area is 107 Å². The Hall–Kier alpha value is -0.120. The Morgan fingerprint density at radius 3 is 2.71 bits per heavy atom. The van der Waals surface area contributed by atoms with E-state index in [4.69, 9.17) is 0 Å². The predicted octanol–water partition coefficient (Wildman–Crippen LogP) is 1.54. The van der Waals surface area contributed by atoms with Crippen LogP contribution in [-0.4, -0.2) is 61.7 Å². The molecule has 2 aliphatic rings. The molecule has 0 radical (unpaired) electrons. The number of nitrogens with zero attached hydrogens (tertiary/aromatic N) is 2. The number of likely N-dealkylation sites (N-methyl/N-ethyl adjacent to an activating group) is 1. The molecule has 0 aliphatic carbocycles. The van der Waals surface area contributed by atoms with Gasteiger partial charge in [-0.2, -0.15) is 0 Å². The third-order valence-corrected chi connectivity index (χ3v) is 4.59. The van der Waals surface area contributed by atoms with Crippen LogP contribution >= 0.6 is 0 Å². The standard InChI is InChI=1S/C14H29N3/c1-12(10-13-6-4-5-8-15-13)17-9-7-14(11-17)16(2)3/h12-15H,4-11H2,1-3H3. The monoisotopic (exact) mass is 239 g/mol. The van der Waals surface area contributed by atoms with E-state index in [0.29, 0.717) is 0 Å². The van der Waals surface area contributed by atoms with Gasteiger partial charge >= 0.3 is 0 Å². The minimum atomic E-state index is 0.746. The first kappa shape index (κ1) is 13.3. The lowest BCUT2D eigenvalue weighted by Gasteiger charge is -2.31. The second kappa shape index (κ2) is 6.17. The number of rotatable bonds is 4. The molecule has 2 rings (SSSR count). The molecule has 0 aromatic heterocycles. The number of piperidine rings is 1. The van der Waals surface area contributed by atoms with E-state index in [1.54, 1.807) is 0 Å². The first-order chi connectivity index (χ1) is 8.16. The highest BCUT2D eigenvalue weighted by atomic mass is 15.2. The Bertz CT molecular complexity index is 224. The highest BCUT2D eigenvalue weighted by molar-refractivity contribution is 4.86. The summed E-state index contributed by atoms with van der Waals surface area (Å²) in [4.78, 5) is 5.06. The molecule has 0 amide bonds. The van der Waals surface area contributed by atoms with Crippen LogP contribution in [0.15, 0.2) is 0 Å². The minimum absolute atomic E-state index is 0.746. The van der Waals surface area contributed by atoms with Gasteiger partial charge in [-0.25, -0.2) is 0 Å². The molecule has 0 aromatic rings. The van der Waals surface area contributed by atoms with Crippen LogP contribution < -0.4 is 5.32 Å². The Kier molecular flexibility index (Phi) is 4.83. The summed E-state index contributed by atoms with van der Waals surface area (Å²) >= 11 is 0. The van der Waals surface area contributed by atoms with Gasteiger partial charge in [0.05, 0.1) is 0 Å². The van der Waals surface area contributed by atoms with Crippen LogP contribution in [0.4, 0.5) is 0 Å². The lowest BCUT2D eigenvalue weighted by molar-refractivity contribution is 0.198. The van der Waals surface area contributed by atoms with Crippen molar-refractivity contribution in [1.29, 1.82) is 0 Å². The number of nitrogens with one attached hydrogen (secondary N) is 1. The van der Waals surface area contributed by atoms with Gasteiger partial charge in [-0.1, -0.05) is 6.42 Å². The molecule has 2 aliphatic heterocycles. The smallest absolute Gasteiger partial charge is 0.0229 e. The first-order valence-corrected chi connectivity index (χ1v) is 7.30. The maximum Gasteiger partial charge on any atom is 0.0229 e. The van der Waals surface area contributed by atoms with E-state index in [9.17, 15) is 0 Å². The van der Waals surface area contributed by atoms with Crippen LogP contribution in [0.2, 0.25) is 0 Å². The van der Waals surface area contributed by atoms with E-state index in [2.05, 4.69) is 36.1 Å². The lowest BCUT2D eigenvalue weighted by Crippen LogP contribution is -2.42. The zero-order valence-electron chi connectivity index (χ0n) is 11.8. The van der Waals surface area contributed by atoms with E-state index < -0.39 is 0 Å². The number of hydrogen-bond donors (Lipinski definition) is 1. The molecule has 3 unspecified atom stereocenters. The molecule has 0 spiro atoms. The maximum absolute atomic E-state index is 3.67. The van der Waals surface area contributed by atoms with Crippen LogP contribution in [0.3, 0.4) is 0 Å². The van der Waals surface area contributed by atoms with Crippen LogP contribution in [0.5, 0.6) is 0 Å². The fourth-order valence-corrected chi connectivity index (χ4v) is 3.28. The van der Waals surface area contributed by atoms with Gasteiger partial charge in [-0.3, -0.25) is 4.90 Å². The van der Waals surface area contributed by atoms with Gasteiger partial charge in [0.1, 0.15) is 0 Å². The van der Waals surface area contributed by atoms with E-state index >= 15 is 0 Å². The van der Waals surface area contributed by atoms with Crippen LogP contribution in [-0.2, 0) is 0 Å². The molecule has 3 nitrogen and oxygen atoms in total. The fraction of sp³-hybridized carbons (Fsp3) is 1.00. The Balaban J connectivity index is 1.74. The highest BCUT2D eigenvalue weighted by Gasteiger charge is 2.28. The predicted molar refractivity (Wildman–Crippen MR) is 73.4 cm³/mol. The summed E-state index contributed by atoms with van der Waals surface area (Å²) in [7, 11) is 4.42. The number of likely N-dealkylation sites (tertiary alicyclic amines) is 1. The van der Waals surface area contributed by atoms with Gasteiger partial charge in [-0.15, -0.1) is 0 Å². The molecule has 17 heavy (non-hydrogen) atoms. The van der Waals surface area contributed by atoms with E-state index in [1.165, 1.54) is 51.7 Å². The van der Waals surface area contributed by atoms with Gasteiger partial charge in [0.25, 0.3) is 0 Å². The number of hydrogen-bond acceptors (Lipinski definition) is 3. The van der Waals surface area contributed by atoms with E-state index in [1.807, 2.05) is 0 Å². The van der Waals surface area contributed by atoms with Crippen LogP contribution in [0.25, 0.3) is 0 Å². The molecule has 3 heteroatoms. The van der Waals surface area contributed by atoms with Crippen molar-refractivity contribution in [2.24, 2.45) is 0 Å².